The number of nitrogens with one attached hydrogen (secondary N) is 1. The molecule has 2 rings (SSSR count). The zero-order valence-corrected chi connectivity index (χ0v) is 14.0. The van der Waals surface area contributed by atoms with E-state index >= 15 is 0 Å². The van der Waals surface area contributed by atoms with Crippen molar-refractivity contribution in [2.45, 2.75) is 39.3 Å². The molecule has 1 aromatic heterocycles. The molecule has 2 heterocycles. The van der Waals surface area contributed by atoms with Gasteiger partial charge in [0.15, 0.2) is 15.0 Å². The van der Waals surface area contributed by atoms with Crippen LogP contribution in [0.25, 0.3) is 0 Å². The lowest BCUT2D eigenvalue weighted by molar-refractivity contribution is 0.426. The molecule has 0 amide bonds. The van der Waals surface area contributed by atoms with E-state index in [0.717, 1.165) is 18.2 Å². The minimum Gasteiger partial charge on any atom is -0.347 e. The second-order valence-corrected chi connectivity index (χ2v) is 9.60. The lowest BCUT2D eigenvalue weighted by Crippen LogP contribution is -2.34. The maximum atomic E-state index is 11.6. The van der Waals surface area contributed by atoms with Gasteiger partial charge >= 0.3 is 0 Å². The smallest absolute Gasteiger partial charge is 0.185 e. The first kappa shape index (κ1) is 15.7. The van der Waals surface area contributed by atoms with E-state index in [0.29, 0.717) is 18.7 Å². The fraction of sp³-hybridized carbons (Fsp3) is 0.769. The fourth-order valence-electron chi connectivity index (χ4n) is 2.01. The molecule has 1 aromatic rings. The molecule has 0 bridgehead atoms. The third-order valence-electron chi connectivity index (χ3n) is 3.16. The highest BCUT2D eigenvalue weighted by Gasteiger charge is 2.21. The van der Waals surface area contributed by atoms with Crippen LogP contribution in [0, 0.1) is 0 Å². The van der Waals surface area contributed by atoms with E-state index in [1.807, 2.05) is 6.20 Å². The number of anilines is 1. The molecule has 0 spiro atoms. The van der Waals surface area contributed by atoms with Crippen LogP contribution >= 0.6 is 11.3 Å². The summed E-state index contributed by atoms with van der Waals surface area (Å²) >= 11 is 1.65. The summed E-state index contributed by atoms with van der Waals surface area (Å²) in [5.74, 6) is 0.537. The molecular formula is C13H23N3O2S2. The Balaban J connectivity index is 1.98. The standard InChI is InChI=1S/C13H23N3O2S2/c1-13(2,3)15-10-11-9-14-12(19-11)16-5-4-7-20(17,18)8-6-16/h9,15H,4-8,10H2,1-3H3. The van der Waals surface area contributed by atoms with Crippen molar-refractivity contribution >= 4 is 26.3 Å². The number of aromatic nitrogens is 1. The van der Waals surface area contributed by atoms with Gasteiger partial charge < -0.3 is 10.2 Å². The van der Waals surface area contributed by atoms with Crippen LogP contribution in [0.2, 0.25) is 0 Å². The van der Waals surface area contributed by atoms with Gasteiger partial charge in [-0.2, -0.15) is 0 Å². The molecule has 1 N–H and O–H groups in total. The summed E-state index contributed by atoms with van der Waals surface area (Å²) in [4.78, 5) is 7.72. The van der Waals surface area contributed by atoms with Gasteiger partial charge in [0, 0.05) is 36.2 Å². The van der Waals surface area contributed by atoms with Gasteiger partial charge in [0.25, 0.3) is 0 Å². The molecule has 0 aliphatic carbocycles. The highest BCUT2D eigenvalue weighted by atomic mass is 32.2. The minimum absolute atomic E-state index is 0.0842. The van der Waals surface area contributed by atoms with Crippen LogP contribution in [0.5, 0.6) is 0 Å². The third-order valence-corrected chi connectivity index (χ3v) is 5.93. The van der Waals surface area contributed by atoms with Crippen molar-refractivity contribution in [3.05, 3.63) is 11.1 Å². The highest BCUT2D eigenvalue weighted by Crippen LogP contribution is 2.24. The van der Waals surface area contributed by atoms with Crippen molar-refractivity contribution in [1.82, 2.24) is 10.3 Å². The van der Waals surface area contributed by atoms with Crippen LogP contribution in [0.15, 0.2) is 6.20 Å². The molecule has 7 heteroatoms. The Morgan fingerprint density at radius 3 is 2.80 bits per heavy atom. The zero-order chi connectivity index (χ0) is 14.8. The van der Waals surface area contributed by atoms with Gasteiger partial charge in [0.1, 0.15) is 0 Å². The van der Waals surface area contributed by atoms with Crippen LogP contribution in [0.4, 0.5) is 5.13 Å². The predicted molar refractivity (Wildman–Crippen MR) is 84.2 cm³/mol. The van der Waals surface area contributed by atoms with Crippen LogP contribution in [-0.4, -0.2) is 43.5 Å². The Bertz CT molecular complexity index is 546. The molecule has 1 fully saturated rings. The first-order chi connectivity index (χ1) is 9.25. The number of rotatable bonds is 3. The normalized spacial score (nSPS) is 19.9. The number of thiazole rings is 1. The average Bonchev–Trinajstić information content (AvgIpc) is 2.71. The second kappa shape index (κ2) is 5.99. The molecule has 0 atom stereocenters. The maximum Gasteiger partial charge on any atom is 0.185 e. The molecule has 1 aliphatic rings. The Morgan fingerprint density at radius 2 is 2.10 bits per heavy atom. The van der Waals surface area contributed by atoms with Crippen molar-refractivity contribution in [1.29, 1.82) is 0 Å². The van der Waals surface area contributed by atoms with Gasteiger partial charge in [-0.15, -0.1) is 11.3 Å². The van der Waals surface area contributed by atoms with Crippen molar-refractivity contribution in [3.63, 3.8) is 0 Å². The van der Waals surface area contributed by atoms with Crippen LogP contribution in [0.1, 0.15) is 32.1 Å². The van der Waals surface area contributed by atoms with Gasteiger partial charge in [-0.05, 0) is 27.2 Å². The molecule has 1 aliphatic heterocycles. The minimum atomic E-state index is -2.86. The van der Waals surface area contributed by atoms with Gasteiger partial charge in [-0.25, -0.2) is 13.4 Å². The molecular weight excluding hydrogens is 294 g/mol. The summed E-state index contributed by atoms with van der Waals surface area (Å²) in [7, 11) is -2.86. The molecule has 0 unspecified atom stereocenters. The maximum absolute atomic E-state index is 11.6. The number of nitrogens with zero attached hydrogens (tertiary/aromatic N) is 2. The zero-order valence-electron chi connectivity index (χ0n) is 12.3. The van der Waals surface area contributed by atoms with Crippen LogP contribution in [0.3, 0.4) is 0 Å². The predicted octanol–water partition coefficient (Wildman–Crippen LogP) is 1.66. The van der Waals surface area contributed by atoms with E-state index < -0.39 is 9.84 Å². The van der Waals surface area contributed by atoms with E-state index in [2.05, 4.69) is 36.0 Å². The number of sulfone groups is 1. The van der Waals surface area contributed by atoms with Gasteiger partial charge in [-0.1, -0.05) is 0 Å². The number of hydrogen-bond acceptors (Lipinski definition) is 6. The summed E-state index contributed by atoms with van der Waals surface area (Å²) < 4.78 is 23.2. The molecule has 1 saturated heterocycles. The van der Waals surface area contributed by atoms with E-state index in [4.69, 9.17) is 0 Å². The number of hydrogen-bond donors (Lipinski definition) is 1. The topological polar surface area (TPSA) is 62.3 Å². The summed E-state index contributed by atoms with van der Waals surface area (Å²) in [5.41, 5.74) is 0.0842. The van der Waals surface area contributed by atoms with Crippen molar-refractivity contribution in [2.24, 2.45) is 0 Å². The fourth-order valence-corrected chi connectivity index (χ4v) is 4.18. The molecule has 0 saturated carbocycles. The van der Waals surface area contributed by atoms with Crippen molar-refractivity contribution in [2.75, 3.05) is 29.5 Å². The quantitative estimate of drug-likeness (QED) is 0.918. The van der Waals surface area contributed by atoms with E-state index in [-0.39, 0.29) is 11.3 Å². The first-order valence-corrected chi connectivity index (χ1v) is 9.54. The third kappa shape index (κ3) is 4.71. The van der Waals surface area contributed by atoms with E-state index in [9.17, 15) is 8.42 Å². The first-order valence-electron chi connectivity index (χ1n) is 6.90. The summed E-state index contributed by atoms with van der Waals surface area (Å²) in [5, 5.41) is 4.37. The lowest BCUT2D eigenvalue weighted by atomic mass is 10.1. The average molecular weight is 317 g/mol. The van der Waals surface area contributed by atoms with Crippen molar-refractivity contribution < 1.29 is 8.42 Å². The second-order valence-electron chi connectivity index (χ2n) is 6.21. The van der Waals surface area contributed by atoms with E-state index in [1.165, 1.54) is 4.88 Å². The summed E-state index contributed by atoms with van der Waals surface area (Å²) in [6.45, 7) is 8.53. The molecule has 0 aromatic carbocycles. The summed E-state index contributed by atoms with van der Waals surface area (Å²) in [6, 6.07) is 0. The molecule has 20 heavy (non-hydrogen) atoms. The van der Waals surface area contributed by atoms with E-state index in [1.54, 1.807) is 11.3 Å². The monoisotopic (exact) mass is 317 g/mol. The molecule has 114 valence electrons. The highest BCUT2D eigenvalue weighted by molar-refractivity contribution is 7.91. The SMILES string of the molecule is CC(C)(C)NCc1cnc(N2CCCS(=O)(=O)CC2)s1. The van der Waals surface area contributed by atoms with Crippen LogP contribution < -0.4 is 10.2 Å². The Kier molecular flexibility index (Phi) is 4.71. The lowest BCUT2D eigenvalue weighted by Gasteiger charge is -2.20. The van der Waals surface area contributed by atoms with Gasteiger partial charge in [0.05, 0.1) is 11.5 Å². The van der Waals surface area contributed by atoms with Crippen LogP contribution in [-0.2, 0) is 16.4 Å². The largest absolute Gasteiger partial charge is 0.347 e. The van der Waals surface area contributed by atoms with Gasteiger partial charge in [-0.3, -0.25) is 0 Å². The molecule has 0 radical (unpaired) electrons. The molecule has 5 nitrogen and oxygen atoms in total. The Morgan fingerprint density at radius 1 is 1.35 bits per heavy atom. The summed E-state index contributed by atoms with van der Waals surface area (Å²) in [6.07, 6.45) is 2.58. The van der Waals surface area contributed by atoms with Gasteiger partial charge in [0.2, 0.25) is 0 Å². The Labute approximate surface area is 125 Å². The van der Waals surface area contributed by atoms with Crippen molar-refractivity contribution in [3.8, 4) is 0 Å². The Hall–Kier alpha value is -0.660.